The Labute approximate surface area is 199 Å². The summed E-state index contributed by atoms with van der Waals surface area (Å²) in [7, 11) is -3.70. The predicted octanol–water partition coefficient (Wildman–Crippen LogP) is 5.66. The maximum absolute atomic E-state index is 12.7. The molecule has 0 aliphatic rings. The molecule has 0 atom stereocenters. The first-order valence-corrected chi connectivity index (χ1v) is 13.1. The lowest BCUT2D eigenvalue weighted by atomic mass is 10.2. The molecule has 0 unspecified atom stereocenters. The molecule has 0 fully saturated rings. The number of nitrogens with zero attached hydrogens (tertiary/aromatic N) is 3. The lowest BCUT2D eigenvalue weighted by Gasteiger charge is -2.11. The smallest absolute Gasteiger partial charge is 0.261 e. The van der Waals surface area contributed by atoms with Crippen molar-refractivity contribution in [3.63, 3.8) is 0 Å². The summed E-state index contributed by atoms with van der Waals surface area (Å²) in [5.74, 6) is 0.415. The van der Waals surface area contributed by atoms with Gasteiger partial charge in [-0.15, -0.1) is 11.3 Å². The first-order chi connectivity index (χ1) is 15.3. The molecule has 2 aromatic heterocycles. The van der Waals surface area contributed by atoms with Gasteiger partial charge in [-0.1, -0.05) is 34.1 Å². The molecule has 0 saturated carbocycles. The fourth-order valence-electron chi connectivity index (χ4n) is 3.08. The lowest BCUT2D eigenvalue weighted by molar-refractivity contribution is 0.601. The molecule has 0 radical (unpaired) electrons. The van der Waals surface area contributed by atoms with Gasteiger partial charge in [-0.3, -0.25) is 4.72 Å². The zero-order valence-corrected chi connectivity index (χ0v) is 20.6. The van der Waals surface area contributed by atoms with Gasteiger partial charge in [0.15, 0.2) is 0 Å². The van der Waals surface area contributed by atoms with Gasteiger partial charge in [0.25, 0.3) is 10.0 Å². The summed E-state index contributed by atoms with van der Waals surface area (Å²) in [5.41, 5.74) is 3.81. The van der Waals surface area contributed by atoms with Crippen molar-refractivity contribution in [2.24, 2.45) is 0 Å². The first kappa shape index (κ1) is 22.4. The Morgan fingerprint density at radius 2 is 1.75 bits per heavy atom. The third-order valence-electron chi connectivity index (χ3n) is 4.55. The van der Waals surface area contributed by atoms with E-state index in [1.807, 2.05) is 26.0 Å². The molecule has 0 spiro atoms. The minimum Gasteiger partial charge on any atom is -0.324 e. The van der Waals surface area contributed by atoms with E-state index < -0.39 is 10.0 Å². The van der Waals surface area contributed by atoms with Crippen LogP contribution < -0.4 is 10.0 Å². The van der Waals surface area contributed by atoms with Crippen LogP contribution in [0.15, 0.2) is 65.7 Å². The molecule has 10 heteroatoms. The molecule has 0 amide bonds. The number of hydrogen-bond donors (Lipinski definition) is 2. The van der Waals surface area contributed by atoms with Crippen LogP contribution in [0.1, 0.15) is 16.3 Å². The van der Waals surface area contributed by atoms with Crippen LogP contribution in [0.4, 0.5) is 17.3 Å². The van der Waals surface area contributed by atoms with E-state index in [-0.39, 0.29) is 4.90 Å². The van der Waals surface area contributed by atoms with Gasteiger partial charge < -0.3 is 5.32 Å². The van der Waals surface area contributed by atoms with Gasteiger partial charge in [0, 0.05) is 17.2 Å². The molecule has 164 valence electrons. The summed E-state index contributed by atoms with van der Waals surface area (Å²) in [6.45, 7) is 3.92. The Bertz CT molecular complexity index is 1360. The van der Waals surface area contributed by atoms with Gasteiger partial charge in [-0.2, -0.15) is 0 Å². The number of benzene rings is 2. The highest BCUT2D eigenvalue weighted by Crippen LogP contribution is 2.29. The summed E-state index contributed by atoms with van der Waals surface area (Å²) in [6, 6.07) is 15.5. The lowest BCUT2D eigenvalue weighted by Crippen LogP contribution is -2.13. The quantitative estimate of drug-likeness (QED) is 0.300. The Kier molecular flexibility index (Phi) is 6.54. The van der Waals surface area contributed by atoms with Crippen LogP contribution in [0.5, 0.6) is 0 Å². The Morgan fingerprint density at radius 1 is 1.00 bits per heavy atom. The molecular formula is C22H20BrN5O2S2. The molecule has 32 heavy (non-hydrogen) atoms. The van der Waals surface area contributed by atoms with E-state index in [4.69, 9.17) is 0 Å². The van der Waals surface area contributed by atoms with Crippen LogP contribution in [0.25, 0.3) is 10.6 Å². The number of halogens is 1. The molecule has 4 rings (SSSR count). The summed E-state index contributed by atoms with van der Waals surface area (Å²) in [4.78, 5) is 14.5. The SMILES string of the molecule is Cc1nc(C)c(-c2ccnc(Nc3cccc(NS(=O)(=O)c4ccc(CBr)cc4)c3)n2)s1. The molecule has 2 heterocycles. The van der Waals surface area contributed by atoms with Crippen molar-refractivity contribution < 1.29 is 8.42 Å². The summed E-state index contributed by atoms with van der Waals surface area (Å²) in [6.07, 6.45) is 1.68. The number of nitrogens with one attached hydrogen (secondary N) is 2. The van der Waals surface area contributed by atoms with Gasteiger partial charge in [0.1, 0.15) is 0 Å². The van der Waals surface area contributed by atoms with E-state index in [9.17, 15) is 8.42 Å². The maximum Gasteiger partial charge on any atom is 0.261 e. The van der Waals surface area contributed by atoms with Gasteiger partial charge >= 0.3 is 0 Å². The summed E-state index contributed by atoms with van der Waals surface area (Å²) < 4.78 is 28.1. The Balaban J connectivity index is 1.53. The average molecular weight is 530 g/mol. The Hall–Kier alpha value is -2.82. The third kappa shape index (κ3) is 5.14. The van der Waals surface area contributed by atoms with Crippen molar-refractivity contribution >= 4 is 54.6 Å². The van der Waals surface area contributed by atoms with Crippen molar-refractivity contribution in [3.8, 4) is 10.6 Å². The standard InChI is InChI=1S/C22H20BrN5O2S2/c1-14-21(31-15(2)25-14)20-10-11-24-22(27-20)26-17-4-3-5-18(12-17)28-32(29,30)19-8-6-16(13-23)7-9-19/h3-12,28H,13H2,1-2H3,(H,24,26,27). The molecule has 0 bridgehead atoms. The fraction of sp³-hybridized carbons (Fsp3) is 0.136. The molecule has 4 aromatic rings. The van der Waals surface area contributed by atoms with Crippen LogP contribution in [0.3, 0.4) is 0 Å². The second-order valence-electron chi connectivity index (χ2n) is 7.00. The number of alkyl halides is 1. The van der Waals surface area contributed by atoms with Crippen molar-refractivity contribution in [1.29, 1.82) is 0 Å². The fourth-order valence-corrected chi connectivity index (χ4v) is 5.39. The second-order valence-corrected chi connectivity index (χ2v) is 10.4. The van der Waals surface area contributed by atoms with Crippen molar-refractivity contribution in [2.75, 3.05) is 10.0 Å². The van der Waals surface area contributed by atoms with Gasteiger partial charge in [0.2, 0.25) is 5.95 Å². The van der Waals surface area contributed by atoms with Gasteiger partial charge in [-0.05, 0) is 55.8 Å². The van der Waals surface area contributed by atoms with E-state index >= 15 is 0 Å². The number of thiazole rings is 1. The normalized spacial score (nSPS) is 11.3. The number of hydrogen-bond acceptors (Lipinski definition) is 7. The highest BCUT2D eigenvalue weighted by molar-refractivity contribution is 9.08. The molecule has 2 N–H and O–H groups in total. The van der Waals surface area contributed by atoms with E-state index in [0.29, 0.717) is 22.7 Å². The minimum absolute atomic E-state index is 0.201. The molecule has 0 aliphatic carbocycles. The highest BCUT2D eigenvalue weighted by Gasteiger charge is 2.15. The molecule has 7 nitrogen and oxygen atoms in total. The van der Waals surface area contributed by atoms with Gasteiger partial charge in [-0.25, -0.2) is 23.4 Å². The summed E-state index contributed by atoms with van der Waals surface area (Å²) in [5, 5.41) is 4.79. The maximum atomic E-state index is 12.7. The van der Waals surface area contributed by atoms with Crippen molar-refractivity contribution in [1.82, 2.24) is 15.0 Å². The van der Waals surface area contributed by atoms with Crippen LogP contribution >= 0.6 is 27.3 Å². The third-order valence-corrected chi connectivity index (χ3v) is 7.69. The zero-order valence-electron chi connectivity index (χ0n) is 17.3. The van der Waals surface area contributed by atoms with E-state index in [1.54, 1.807) is 60.0 Å². The van der Waals surface area contributed by atoms with E-state index in [1.165, 1.54) is 0 Å². The molecular weight excluding hydrogens is 510 g/mol. The summed E-state index contributed by atoms with van der Waals surface area (Å²) >= 11 is 4.94. The van der Waals surface area contributed by atoms with E-state index in [0.717, 1.165) is 26.8 Å². The van der Waals surface area contributed by atoms with Crippen molar-refractivity contribution in [3.05, 3.63) is 77.1 Å². The number of sulfonamides is 1. The Morgan fingerprint density at radius 3 is 2.44 bits per heavy atom. The van der Waals surface area contributed by atoms with Crippen LogP contribution in [0, 0.1) is 13.8 Å². The molecule has 0 saturated heterocycles. The zero-order chi connectivity index (χ0) is 22.7. The number of aromatic nitrogens is 3. The monoisotopic (exact) mass is 529 g/mol. The van der Waals surface area contributed by atoms with Crippen LogP contribution in [-0.4, -0.2) is 23.4 Å². The number of anilines is 3. The average Bonchev–Trinajstić information content (AvgIpc) is 3.12. The van der Waals surface area contributed by atoms with E-state index in [2.05, 4.69) is 40.9 Å². The number of rotatable bonds is 7. The predicted molar refractivity (Wildman–Crippen MR) is 132 cm³/mol. The van der Waals surface area contributed by atoms with Crippen LogP contribution in [-0.2, 0) is 15.4 Å². The topological polar surface area (TPSA) is 96.9 Å². The second kappa shape index (κ2) is 9.35. The highest BCUT2D eigenvalue weighted by atomic mass is 79.9. The largest absolute Gasteiger partial charge is 0.324 e. The molecule has 0 aliphatic heterocycles. The first-order valence-electron chi connectivity index (χ1n) is 9.66. The van der Waals surface area contributed by atoms with Gasteiger partial charge in [0.05, 0.1) is 31.9 Å². The van der Waals surface area contributed by atoms with Crippen LogP contribution in [0.2, 0.25) is 0 Å². The minimum atomic E-state index is -3.70. The van der Waals surface area contributed by atoms with Crippen molar-refractivity contribution in [2.45, 2.75) is 24.1 Å². The number of aryl methyl sites for hydroxylation is 2. The molecule has 2 aromatic carbocycles.